The largest absolute Gasteiger partial charge is 0.398 e. The average Bonchev–Trinajstić information content (AvgIpc) is 2.69. The second kappa shape index (κ2) is 8.73. The van der Waals surface area contributed by atoms with E-state index >= 15 is 0 Å². The van der Waals surface area contributed by atoms with E-state index in [9.17, 15) is 14.3 Å². The number of hydrogen-bond acceptors (Lipinski definition) is 6. The van der Waals surface area contributed by atoms with Crippen molar-refractivity contribution in [1.82, 2.24) is 9.97 Å². The number of carbonyl (C=O) groups is 1. The molecule has 1 aliphatic rings. The molecule has 1 heterocycles. The van der Waals surface area contributed by atoms with Gasteiger partial charge in [-0.25, -0.2) is 14.4 Å². The Bertz CT molecular complexity index is 830. The summed E-state index contributed by atoms with van der Waals surface area (Å²) in [4.78, 5) is 21.0. The molecular weight excluding hydrogens is 347 g/mol. The molecule has 142 valence electrons. The molecule has 4 N–H and O–H groups in total. The summed E-state index contributed by atoms with van der Waals surface area (Å²) in [5.41, 5.74) is 7.21. The molecule has 0 atom stereocenters. The van der Waals surface area contributed by atoms with Crippen LogP contribution in [0.5, 0.6) is 0 Å². The third-order valence-corrected chi connectivity index (χ3v) is 4.70. The van der Waals surface area contributed by atoms with Crippen molar-refractivity contribution < 1.29 is 14.3 Å². The number of nitrogens with zero attached hydrogens (tertiary/aromatic N) is 2. The van der Waals surface area contributed by atoms with E-state index in [-0.39, 0.29) is 11.3 Å². The third kappa shape index (κ3) is 4.68. The number of nitrogens with one attached hydrogen (secondary N) is 1. The number of rotatable bonds is 6. The number of nitrogens with two attached hydrogens (primary N) is 1. The van der Waals surface area contributed by atoms with E-state index in [4.69, 9.17) is 5.73 Å². The molecule has 6 nitrogen and oxygen atoms in total. The molecule has 1 aliphatic carbocycles. The van der Waals surface area contributed by atoms with E-state index in [0.717, 1.165) is 12.8 Å². The van der Waals surface area contributed by atoms with Crippen molar-refractivity contribution in [1.29, 1.82) is 0 Å². The van der Waals surface area contributed by atoms with Gasteiger partial charge in [0.25, 0.3) is 0 Å². The molecule has 3 rings (SSSR count). The van der Waals surface area contributed by atoms with E-state index in [1.807, 2.05) is 0 Å². The molecular formula is C20H23FN4O2. The number of anilines is 1. The topological polar surface area (TPSA) is 101 Å². The summed E-state index contributed by atoms with van der Waals surface area (Å²) in [7, 11) is 0. The highest BCUT2D eigenvalue weighted by molar-refractivity contribution is 6.27. The number of benzene rings is 1. The van der Waals surface area contributed by atoms with E-state index in [2.05, 4.69) is 15.3 Å². The van der Waals surface area contributed by atoms with Gasteiger partial charge in [-0.05, 0) is 48.7 Å². The molecule has 27 heavy (non-hydrogen) atoms. The monoisotopic (exact) mass is 370 g/mol. The molecule has 0 saturated heterocycles. The Morgan fingerprint density at radius 1 is 1.19 bits per heavy atom. The number of aromatic nitrogens is 2. The van der Waals surface area contributed by atoms with E-state index < -0.39 is 18.2 Å². The molecule has 0 amide bonds. The first-order valence-corrected chi connectivity index (χ1v) is 9.08. The molecule has 7 heteroatoms. The molecule has 0 spiro atoms. The van der Waals surface area contributed by atoms with Crippen LogP contribution in [-0.2, 0) is 4.79 Å². The van der Waals surface area contributed by atoms with Crippen LogP contribution in [0.1, 0.15) is 43.4 Å². The van der Waals surface area contributed by atoms with E-state index in [0.29, 0.717) is 23.2 Å². The zero-order valence-electron chi connectivity index (χ0n) is 15.0. The fraction of sp³-hybridized carbons (Fsp3) is 0.350. The van der Waals surface area contributed by atoms with Crippen LogP contribution < -0.4 is 11.1 Å². The van der Waals surface area contributed by atoms with Crippen molar-refractivity contribution in [3.8, 4) is 0 Å². The molecule has 0 unspecified atom stereocenters. The minimum Gasteiger partial charge on any atom is -0.398 e. The summed E-state index contributed by atoms with van der Waals surface area (Å²) in [5.74, 6) is -0.531. The lowest BCUT2D eigenvalue weighted by Crippen LogP contribution is -2.24. The van der Waals surface area contributed by atoms with Crippen LogP contribution in [0.4, 0.5) is 10.3 Å². The van der Waals surface area contributed by atoms with E-state index in [1.165, 1.54) is 43.5 Å². The van der Waals surface area contributed by atoms with Crippen LogP contribution in [0, 0.1) is 5.82 Å². The lowest BCUT2D eigenvalue weighted by atomic mass is 9.96. The number of aliphatic hydroxyl groups is 1. The standard InChI is InChI=1S/C20H23FN4O2/c21-14-8-6-13(7-9-14)19(22)18(17(27)12-26)16-10-11-23-20(25-16)24-15-4-2-1-3-5-15/h6-11,15,26H,1-5,12,22H2,(H,23,24,25). The van der Waals surface area contributed by atoms with Gasteiger partial charge in [0.2, 0.25) is 5.95 Å². The second-order valence-corrected chi connectivity index (χ2v) is 6.62. The van der Waals surface area contributed by atoms with Gasteiger partial charge >= 0.3 is 0 Å². The lowest BCUT2D eigenvalue weighted by molar-refractivity contribution is -0.116. The number of halogens is 1. The van der Waals surface area contributed by atoms with Gasteiger partial charge in [0.05, 0.1) is 17.0 Å². The molecule has 0 aliphatic heterocycles. The Morgan fingerprint density at radius 2 is 1.89 bits per heavy atom. The Labute approximate surface area is 157 Å². The summed E-state index contributed by atoms with van der Waals surface area (Å²) in [6.07, 6.45) is 7.25. The molecule has 2 aromatic rings. The molecule has 0 radical (unpaired) electrons. The first kappa shape index (κ1) is 19.0. The zero-order valence-corrected chi connectivity index (χ0v) is 15.0. The predicted octanol–water partition coefficient (Wildman–Crippen LogP) is 2.75. The Hall–Kier alpha value is -2.80. The maximum atomic E-state index is 13.2. The van der Waals surface area contributed by atoms with Crippen molar-refractivity contribution in [2.45, 2.75) is 38.1 Å². The molecule has 1 saturated carbocycles. The van der Waals surface area contributed by atoms with Gasteiger partial charge in [0, 0.05) is 12.2 Å². The molecule has 1 aromatic heterocycles. The van der Waals surface area contributed by atoms with Crippen molar-refractivity contribution in [3.63, 3.8) is 0 Å². The maximum Gasteiger partial charge on any atom is 0.223 e. The summed E-state index contributed by atoms with van der Waals surface area (Å²) in [6.45, 7) is -0.702. The van der Waals surface area contributed by atoms with Crippen LogP contribution in [-0.4, -0.2) is 33.5 Å². The van der Waals surface area contributed by atoms with Crippen molar-refractivity contribution >= 4 is 23.0 Å². The SMILES string of the molecule is NC(=C(C(=O)CO)c1ccnc(NC2CCCCC2)n1)c1ccc(F)cc1. The van der Waals surface area contributed by atoms with Crippen LogP contribution >= 0.6 is 0 Å². The summed E-state index contributed by atoms with van der Waals surface area (Å²) in [6, 6.07) is 7.38. The first-order chi connectivity index (χ1) is 13.1. The number of ketones is 1. The lowest BCUT2D eigenvalue weighted by Gasteiger charge is -2.22. The van der Waals surface area contributed by atoms with Gasteiger partial charge in [-0.15, -0.1) is 0 Å². The summed E-state index contributed by atoms with van der Waals surface area (Å²) < 4.78 is 13.2. The van der Waals surface area contributed by atoms with Gasteiger partial charge in [0.15, 0.2) is 5.78 Å². The highest BCUT2D eigenvalue weighted by atomic mass is 19.1. The van der Waals surface area contributed by atoms with Gasteiger partial charge in [-0.2, -0.15) is 0 Å². The Morgan fingerprint density at radius 3 is 2.56 bits per heavy atom. The van der Waals surface area contributed by atoms with Gasteiger partial charge in [-0.3, -0.25) is 4.79 Å². The predicted molar refractivity (Wildman–Crippen MR) is 102 cm³/mol. The number of hydrogen-bond donors (Lipinski definition) is 3. The molecule has 0 bridgehead atoms. The van der Waals surface area contributed by atoms with Crippen molar-refractivity contribution in [2.24, 2.45) is 5.73 Å². The van der Waals surface area contributed by atoms with Gasteiger partial charge < -0.3 is 16.2 Å². The number of carbonyl (C=O) groups excluding carboxylic acids is 1. The van der Waals surface area contributed by atoms with Crippen LogP contribution in [0.3, 0.4) is 0 Å². The minimum absolute atomic E-state index is 0.0956. The fourth-order valence-corrected chi connectivity index (χ4v) is 3.28. The molecule has 1 aromatic carbocycles. The van der Waals surface area contributed by atoms with Crippen LogP contribution in [0.25, 0.3) is 11.3 Å². The summed E-state index contributed by atoms with van der Waals surface area (Å²) in [5, 5.41) is 12.7. The minimum atomic E-state index is -0.702. The zero-order chi connectivity index (χ0) is 19.2. The Kier molecular flexibility index (Phi) is 6.13. The average molecular weight is 370 g/mol. The van der Waals surface area contributed by atoms with Crippen LogP contribution in [0.2, 0.25) is 0 Å². The summed E-state index contributed by atoms with van der Waals surface area (Å²) >= 11 is 0. The quantitative estimate of drug-likeness (QED) is 0.676. The van der Waals surface area contributed by atoms with Gasteiger partial charge in [-0.1, -0.05) is 19.3 Å². The normalized spacial score (nSPS) is 15.9. The van der Waals surface area contributed by atoms with Crippen molar-refractivity contribution in [3.05, 3.63) is 53.6 Å². The fourth-order valence-electron chi connectivity index (χ4n) is 3.28. The van der Waals surface area contributed by atoms with Crippen molar-refractivity contribution in [2.75, 3.05) is 11.9 Å². The number of aliphatic hydroxyl groups excluding tert-OH is 1. The van der Waals surface area contributed by atoms with Crippen LogP contribution in [0.15, 0.2) is 36.5 Å². The highest BCUT2D eigenvalue weighted by Crippen LogP contribution is 2.24. The first-order valence-electron chi connectivity index (χ1n) is 9.08. The third-order valence-electron chi connectivity index (χ3n) is 4.70. The van der Waals surface area contributed by atoms with E-state index in [1.54, 1.807) is 12.3 Å². The molecule has 1 fully saturated rings. The second-order valence-electron chi connectivity index (χ2n) is 6.62. The Balaban J connectivity index is 1.95. The highest BCUT2D eigenvalue weighted by Gasteiger charge is 2.20. The van der Waals surface area contributed by atoms with Gasteiger partial charge in [0.1, 0.15) is 12.4 Å². The smallest absolute Gasteiger partial charge is 0.223 e. The number of Topliss-reactive ketones (excluding diaryl/α,β-unsaturated/α-hetero) is 1. The maximum absolute atomic E-state index is 13.2.